The van der Waals surface area contributed by atoms with E-state index in [9.17, 15) is 0 Å². The van der Waals surface area contributed by atoms with Crippen LogP contribution < -0.4 is 10.6 Å². The summed E-state index contributed by atoms with van der Waals surface area (Å²) < 4.78 is 5.48. The molecule has 0 saturated carbocycles. The zero-order valence-electron chi connectivity index (χ0n) is 11.7. The second-order valence-electron chi connectivity index (χ2n) is 4.01. The molecule has 0 amide bonds. The highest BCUT2D eigenvalue weighted by Gasteiger charge is 1.95. The predicted octanol–water partition coefficient (Wildman–Crippen LogP) is 2.16. The van der Waals surface area contributed by atoms with Gasteiger partial charge in [-0.2, -0.15) is 0 Å². The van der Waals surface area contributed by atoms with Crippen LogP contribution in [-0.2, 0) is 4.74 Å². The molecule has 0 atom stereocenters. The van der Waals surface area contributed by atoms with Crippen molar-refractivity contribution in [1.29, 1.82) is 0 Å². The molecule has 0 aromatic carbocycles. The third-order valence-electron chi connectivity index (χ3n) is 2.31. The Balaban J connectivity index is 3.58. The van der Waals surface area contributed by atoms with Gasteiger partial charge in [-0.1, -0.05) is 26.7 Å². The minimum Gasteiger partial charge on any atom is -0.380 e. The minimum absolute atomic E-state index is 0.748. The molecule has 2 N–H and O–H groups in total. The SMILES string of the molecule is CCCCN=C(NCC)NCCOCCCC. The van der Waals surface area contributed by atoms with E-state index in [4.69, 9.17) is 4.74 Å². The molecule has 0 rings (SSSR count). The van der Waals surface area contributed by atoms with Crippen LogP contribution in [0.4, 0.5) is 0 Å². The van der Waals surface area contributed by atoms with Gasteiger partial charge >= 0.3 is 0 Å². The Morgan fingerprint density at radius 3 is 2.41 bits per heavy atom. The minimum atomic E-state index is 0.748. The number of aliphatic imine (C=N–C) groups is 1. The summed E-state index contributed by atoms with van der Waals surface area (Å²) in [5.41, 5.74) is 0. The van der Waals surface area contributed by atoms with Gasteiger partial charge in [0.1, 0.15) is 0 Å². The molecule has 102 valence electrons. The number of ether oxygens (including phenoxy) is 1. The number of nitrogens with one attached hydrogen (secondary N) is 2. The molecule has 0 radical (unpaired) electrons. The lowest BCUT2D eigenvalue weighted by molar-refractivity contribution is 0.136. The second kappa shape index (κ2) is 13.3. The smallest absolute Gasteiger partial charge is 0.191 e. The Hall–Kier alpha value is -0.770. The van der Waals surface area contributed by atoms with Crippen molar-refractivity contribution in [2.45, 2.75) is 46.5 Å². The van der Waals surface area contributed by atoms with Crippen molar-refractivity contribution in [3.63, 3.8) is 0 Å². The van der Waals surface area contributed by atoms with Gasteiger partial charge in [-0.25, -0.2) is 0 Å². The molecule has 0 unspecified atom stereocenters. The van der Waals surface area contributed by atoms with E-state index < -0.39 is 0 Å². The number of nitrogens with zero attached hydrogens (tertiary/aromatic N) is 1. The van der Waals surface area contributed by atoms with Gasteiger partial charge < -0.3 is 15.4 Å². The molecule has 0 aromatic heterocycles. The molecular weight excluding hydrogens is 214 g/mol. The van der Waals surface area contributed by atoms with Gasteiger partial charge in [-0.3, -0.25) is 4.99 Å². The number of hydrogen-bond donors (Lipinski definition) is 2. The third-order valence-corrected chi connectivity index (χ3v) is 2.31. The van der Waals surface area contributed by atoms with E-state index in [1.165, 1.54) is 12.8 Å². The van der Waals surface area contributed by atoms with Crippen molar-refractivity contribution in [3.05, 3.63) is 0 Å². The summed E-state index contributed by atoms with van der Waals surface area (Å²) in [5, 5.41) is 6.50. The average Bonchev–Trinajstić information content (AvgIpc) is 2.34. The highest BCUT2D eigenvalue weighted by molar-refractivity contribution is 5.79. The van der Waals surface area contributed by atoms with Gasteiger partial charge in [-0.15, -0.1) is 0 Å². The lowest BCUT2D eigenvalue weighted by Crippen LogP contribution is -2.39. The fraction of sp³-hybridized carbons (Fsp3) is 0.923. The molecule has 0 aromatic rings. The molecule has 0 fully saturated rings. The molecule has 0 saturated heterocycles. The summed E-state index contributed by atoms with van der Waals surface area (Å²) in [5.74, 6) is 0.903. The van der Waals surface area contributed by atoms with Crippen LogP contribution in [0.2, 0.25) is 0 Å². The van der Waals surface area contributed by atoms with Crippen molar-refractivity contribution in [2.75, 3.05) is 32.8 Å². The second-order valence-corrected chi connectivity index (χ2v) is 4.01. The summed E-state index contributed by atoms with van der Waals surface area (Å²) in [6.45, 7) is 10.6. The molecule has 0 aliphatic carbocycles. The summed E-state index contributed by atoms with van der Waals surface area (Å²) >= 11 is 0. The number of rotatable bonds is 10. The summed E-state index contributed by atoms with van der Waals surface area (Å²) in [6.07, 6.45) is 4.66. The van der Waals surface area contributed by atoms with Crippen molar-refractivity contribution in [1.82, 2.24) is 10.6 Å². The Bertz CT molecular complexity index is 184. The van der Waals surface area contributed by atoms with Gasteiger partial charge in [0.15, 0.2) is 5.96 Å². The maximum Gasteiger partial charge on any atom is 0.191 e. The summed E-state index contributed by atoms with van der Waals surface area (Å²) in [7, 11) is 0. The van der Waals surface area contributed by atoms with E-state index in [1.54, 1.807) is 0 Å². The lowest BCUT2D eigenvalue weighted by atomic mass is 10.3. The van der Waals surface area contributed by atoms with E-state index in [-0.39, 0.29) is 0 Å². The zero-order chi connectivity index (χ0) is 12.8. The lowest BCUT2D eigenvalue weighted by Gasteiger charge is -2.11. The average molecular weight is 243 g/mol. The molecule has 0 bridgehead atoms. The van der Waals surface area contributed by atoms with Gasteiger partial charge in [0.25, 0.3) is 0 Å². The Morgan fingerprint density at radius 1 is 1.00 bits per heavy atom. The maximum atomic E-state index is 5.48. The Morgan fingerprint density at radius 2 is 1.76 bits per heavy atom. The van der Waals surface area contributed by atoms with Crippen LogP contribution >= 0.6 is 0 Å². The van der Waals surface area contributed by atoms with Crippen LogP contribution in [0.15, 0.2) is 4.99 Å². The molecule has 4 heteroatoms. The van der Waals surface area contributed by atoms with E-state index in [0.29, 0.717) is 0 Å². The van der Waals surface area contributed by atoms with Crippen LogP contribution in [-0.4, -0.2) is 38.8 Å². The maximum absolute atomic E-state index is 5.48. The third kappa shape index (κ3) is 11.5. The van der Waals surface area contributed by atoms with Gasteiger partial charge in [0, 0.05) is 26.2 Å². The summed E-state index contributed by atoms with van der Waals surface area (Å²) in [6, 6.07) is 0. The van der Waals surface area contributed by atoms with E-state index >= 15 is 0 Å². The zero-order valence-corrected chi connectivity index (χ0v) is 11.7. The van der Waals surface area contributed by atoms with Crippen molar-refractivity contribution < 1.29 is 4.74 Å². The molecule has 0 heterocycles. The van der Waals surface area contributed by atoms with Crippen molar-refractivity contribution >= 4 is 5.96 Å². The normalized spacial score (nSPS) is 11.6. The van der Waals surface area contributed by atoms with Crippen molar-refractivity contribution in [2.24, 2.45) is 4.99 Å². The van der Waals surface area contributed by atoms with E-state index in [0.717, 1.165) is 51.6 Å². The standard InChI is InChI=1S/C13H29N3O/c1-4-7-9-15-13(14-6-3)16-10-12-17-11-8-5-2/h4-12H2,1-3H3,(H2,14,15,16). The molecular formula is C13H29N3O. The van der Waals surface area contributed by atoms with Gasteiger partial charge in [0.05, 0.1) is 6.61 Å². The van der Waals surface area contributed by atoms with E-state index in [1.807, 2.05) is 0 Å². The van der Waals surface area contributed by atoms with Crippen LogP contribution in [0.25, 0.3) is 0 Å². The largest absolute Gasteiger partial charge is 0.380 e. The Labute approximate surface area is 106 Å². The number of guanidine groups is 1. The first-order valence-electron chi connectivity index (χ1n) is 6.95. The van der Waals surface area contributed by atoms with Crippen LogP contribution in [0.5, 0.6) is 0 Å². The molecule has 0 spiro atoms. The fourth-order valence-corrected chi connectivity index (χ4v) is 1.28. The molecule has 4 nitrogen and oxygen atoms in total. The van der Waals surface area contributed by atoms with Gasteiger partial charge in [-0.05, 0) is 19.8 Å². The summed E-state index contributed by atoms with van der Waals surface area (Å²) in [4.78, 5) is 4.48. The predicted molar refractivity (Wildman–Crippen MR) is 74.6 cm³/mol. The number of unbranched alkanes of at least 4 members (excludes halogenated alkanes) is 2. The number of hydrogen-bond acceptors (Lipinski definition) is 2. The van der Waals surface area contributed by atoms with Crippen LogP contribution in [0, 0.1) is 0 Å². The first-order chi connectivity index (χ1) is 8.35. The fourth-order valence-electron chi connectivity index (χ4n) is 1.28. The highest BCUT2D eigenvalue weighted by Crippen LogP contribution is 1.88. The van der Waals surface area contributed by atoms with Gasteiger partial charge in [0.2, 0.25) is 0 Å². The topological polar surface area (TPSA) is 45.7 Å². The monoisotopic (exact) mass is 243 g/mol. The van der Waals surface area contributed by atoms with E-state index in [2.05, 4.69) is 36.4 Å². The highest BCUT2D eigenvalue weighted by atomic mass is 16.5. The molecule has 0 aliphatic heterocycles. The molecule has 0 aliphatic rings. The van der Waals surface area contributed by atoms with Crippen molar-refractivity contribution in [3.8, 4) is 0 Å². The Kier molecular flexibility index (Phi) is 12.7. The quantitative estimate of drug-likeness (QED) is 0.351. The molecule has 17 heavy (non-hydrogen) atoms. The van der Waals surface area contributed by atoms with Crippen LogP contribution in [0.3, 0.4) is 0 Å². The first kappa shape index (κ1) is 16.2. The van der Waals surface area contributed by atoms with Crippen LogP contribution in [0.1, 0.15) is 46.5 Å². The first-order valence-corrected chi connectivity index (χ1v) is 6.95.